The normalized spacial score (nSPS) is 12.6. The van der Waals surface area contributed by atoms with E-state index in [1.165, 1.54) is 12.8 Å². The van der Waals surface area contributed by atoms with Crippen molar-refractivity contribution >= 4 is 5.97 Å². The summed E-state index contributed by atoms with van der Waals surface area (Å²) in [6.45, 7) is 5.71. The number of allylic oxidation sites excluding steroid dienone is 1. The minimum absolute atomic E-state index is 0.506. The Bertz CT molecular complexity index is 180. The van der Waals surface area contributed by atoms with Crippen molar-refractivity contribution in [1.29, 1.82) is 0 Å². The van der Waals surface area contributed by atoms with Crippen LogP contribution in [0.5, 0.6) is 0 Å². The standard InChI is InChI=1S/C10H18O2/c1-4-5-6-7-8(2)9(3)10(11)12/h4-7H2,1-3H3,(H,11,12)/b9-8-. The number of rotatable bonds is 5. The Hall–Kier alpha value is -0.790. The topological polar surface area (TPSA) is 37.3 Å². The van der Waals surface area contributed by atoms with Crippen LogP contribution < -0.4 is 0 Å². The van der Waals surface area contributed by atoms with Crippen molar-refractivity contribution < 1.29 is 9.90 Å². The molecule has 70 valence electrons. The van der Waals surface area contributed by atoms with E-state index in [0.29, 0.717) is 5.57 Å². The third-order valence-electron chi connectivity index (χ3n) is 2.12. The molecule has 0 heterocycles. The fourth-order valence-electron chi connectivity index (χ4n) is 1.01. The van der Waals surface area contributed by atoms with Crippen LogP contribution in [0.1, 0.15) is 46.5 Å². The number of hydrogen-bond acceptors (Lipinski definition) is 1. The van der Waals surface area contributed by atoms with Crippen molar-refractivity contribution in [3.8, 4) is 0 Å². The van der Waals surface area contributed by atoms with Gasteiger partial charge in [-0.05, 0) is 26.7 Å². The van der Waals surface area contributed by atoms with Gasteiger partial charge in [-0.15, -0.1) is 0 Å². The Morgan fingerprint density at radius 1 is 1.25 bits per heavy atom. The number of unbranched alkanes of at least 4 members (excludes halogenated alkanes) is 2. The molecule has 0 aromatic rings. The number of hydrogen-bond donors (Lipinski definition) is 1. The van der Waals surface area contributed by atoms with Crippen LogP contribution in [0.3, 0.4) is 0 Å². The molecule has 0 aromatic heterocycles. The highest BCUT2D eigenvalue weighted by Crippen LogP contribution is 2.12. The molecule has 0 saturated heterocycles. The third-order valence-corrected chi connectivity index (χ3v) is 2.12. The van der Waals surface area contributed by atoms with E-state index < -0.39 is 5.97 Å². The molecule has 0 aromatic carbocycles. The van der Waals surface area contributed by atoms with Crippen LogP contribution in [-0.2, 0) is 4.79 Å². The Morgan fingerprint density at radius 2 is 1.83 bits per heavy atom. The fourth-order valence-corrected chi connectivity index (χ4v) is 1.01. The lowest BCUT2D eigenvalue weighted by atomic mass is 10.0. The summed E-state index contributed by atoms with van der Waals surface area (Å²) in [7, 11) is 0. The van der Waals surface area contributed by atoms with Crippen molar-refractivity contribution in [3.05, 3.63) is 11.1 Å². The van der Waals surface area contributed by atoms with Crippen molar-refractivity contribution in [1.82, 2.24) is 0 Å². The van der Waals surface area contributed by atoms with Crippen molar-refractivity contribution in [2.24, 2.45) is 0 Å². The van der Waals surface area contributed by atoms with E-state index in [1.54, 1.807) is 6.92 Å². The summed E-state index contributed by atoms with van der Waals surface area (Å²) in [6.07, 6.45) is 4.39. The van der Waals surface area contributed by atoms with Crippen LogP contribution in [0.15, 0.2) is 11.1 Å². The second-order valence-corrected chi connectivity index (χ2v) is 3.17. The first kappa shape index (κ1) is 11.2. The number of carboxylic acids is 1. The molecule has 1 N–H and O–H groups in total. The first-order valence-corrected chi connectivity index (χ1v) is 4.49. The highest BCUT2D eigenvalue weighted by molar-refractivity contribution is 5.86. The average molecular weight is 170 g/mol. The molecule has 2 heteroatoms. The van der Waals surface area contributed by atoms with Crippen molar-refractivity contribution in [2.75, 3.05) is 0 Å². The molecule has 12 heavy (non-hydrogen) atoms. The van der Waals surface area contributed by atoms with Gasteiger partial charge in [-0.3, -0.25) is 0 Å². The van der Waals surface area contributed by atoms with Crippen LogP contribution in [0.25, 0.3) is 0 Å². The lowest BCUT2D eigenvalue weighted by Gasteiger charge is -2.02. The molecule has 0 rings (SSSR count). The molecular weight excluding hydrogens is 152 g/mol. The Balaban J connectivity index is 3.91. The van der Waals surface area contributed by atoms with Gasteiger partial charge >= 0.3 is 5.97 Å². The Labute approximate surface area is 74.3 Å². The molecule has 0 atom stereocenters. The van der Waals surface area contributed by atoms with Gasteiger partial charge in [-0.2, -0.15) is 0 Å². The third kappa shape index (κ3) is 4.16. The molecule has 0 aliphatic rings. The zero-order valence-corrected chi connectivity index (χ0v) is 8.18. The summed E-state index contributed by atoms with van der Waals surface area (Å²) in [4.78, 5) is 10.5. The average Bonchev–Trinajstić information content (AvgIpc) is 2.03. The Kier molecular flexibility index (Phi) is 5.43. The second kappa shape index (κ2) is 5.81. The summed E-state index contributed by atoms with van der Waals surface area (Å²) < 4.78 is 0. The smallest absolute Gasteiger partial charge is 0.331 e. The summed E-state index contributed by atoms with van der Waals surface area (Å²) in [5, 5.41) is 8.65. The lowest BCUT2D eigenvalue weighted by molar-refractivity contribution is -0.132. The summed E-state index contributed by atoms with van der Waals surface area (Å²) >= 11 is 0. The highest BCUT2D eigenvalue weighted by Gasteiger charge is 2.03. The molecular formula is C10H18O2. The van der Waals surface area contributed by atoms with Crippen LogP contribution in [0.2, 0.25) is 0 Å². The van der Waals surface area contributed by atoms with Gasteiger partial charge < -0.3 is 5.11 Å². The SMILES string of the molecule is CCCCC/C(C)=C(/C)C(=O)O. The van der Waals surface area contributed by atoms with Gasteiger partial charge in [0.15, 0.2) is 0 Å². The first-order chi connectivity index (χ1) is 5.59. The van der Waals surface area contributed by atoms with Gasteiger partial charge in [0.25, 0.3) is 0 Å². The van der Waals surface area contributed by atoms with E-state index in [0.717, 1.165) is 18.4 Å². The summed E-state index contributed by atoms with van der Waals surface area (Å²) in [5.74, 6) is -0.788. The predicted molar refractivity (Wildman–Crippen MR) is 50.2 cm³/mol. The summed E-state index contributed by atoms with van der Waals surface area (Å²) in [5.41, 5.74) is 1.52. The number of carboxylic acid groups (broad SMARTS) is 1. The van der Waals surface area contributed by atoms with Gasteiger partial charge in [0, 0.05) is 5.57 Å². The molecule has 2 nitrogen and oxygen atoms in total. The van der Waals surface area contributed by atoms with Crippen LogP contribution in [-0.4, -0.2) is 11.1 Å². The van der Waals surface area contributed by atoms with E-state index in [1.807, 2.05) is 6.92 Å². The zero-order chi connectivity index (χ0) is 9.56. The van der Waals surface area contributed by atoms with Gasteiger partial charge in [0.1, 0.15) is 0 Å². The van der Waals surface area contributed by atoms with Gasteiger partial charge in [-0.1, -0.05) is 25.3 Å². The Morgan fingerprint density at radius 3 is 2.25 bits per heavy atom. The van der Waals surface area contributed by atoms with Crippen molar-refractivity contribution in [3.63, 3.8) is 0 Å². The predicted octanol–water partition coefficient (Wildman–Crippen LogP) is 2.99. The molecule has 0 amide bonds. The maximum Gasteiger partial charge on any atom is 0.331 e. The molecule has 0 aliphatic heterocycles. The monoisotopic (exact) mass is 170 g/mol. The van der Waals surface area contributed by atoms with Crippen LogP contribution >= 0.6 is 0 Å². The molecule has 0 fully saturated rings. The first-order valence-electron chi connectivity index (χ1n) is 4.49. The second-order valence-electron chi connectivity index (χ2n) is 3.17. The zero-order valence-electron chi connectivity index (χ0n) is 8.18. The lowest BCUT2D eigenvalue weighted by Crippen LogP contribution is -1.99. The largest absolute Gasteiger partial charge is 0.478 e. The van der Waals surface area contributed by atoms with Crippen molar-refractivity contribution in [2.45, 2.75) is 46.5 Å². The quantitative estimate of drug-likeness (QED) is 0.508. The maximum absolute atomic E-state index is 10.5. The number of carbonyl (C=O) groups is 1. The molecule has 0 spiro atoms. The van der Waals surface area contributed by atoms with E-state index in [4.69, 9.17) is 5.11 Å². The molecule has 0 saturated carbocycles. The van der Waals surface area contributed by atoms with Crippen LogP contribution in [0, 0.1) is 0 Å². The van der Waals surface area contributed by atoms with E-state index >= 15 is 0 Å². The number of aliphatic carboxylic acids is 1. The molecule has 0 unspecified atom stereocenters. The maximum atomic E-state index is 10.5. The molecule has 0 radical (unpaired) electrons. The van der Waals surface area contributed by atoms with Gasteiger partial charge in [0.2, 0.25) is 0 Å². The minimum atomic E-state index is -0.788. The van der Waals surface area contributed by atoms with E-state index in [2.05, 4.69) is 6.92 Å². The minimum Gasteiger partial charge on any atom is -0.478 e. The van der Waals surface area contributed by atoms with E-state index in [9.17, 15) is 4.79 Å². The van der Waals surface area contributed by atoms with Crippen LogP contribution in [0.4, 0.5) is 0 Å². The molecule has 0 aliphatic carbocycles. The molecule has 0 bridgehead atoms. The van der Waals surface area contributed by atoms with Gasteiger partial charge in [-0.25, -0.2) is 4.79 Å². The van der Waals surface area contributed by atoms with E-state index in [-0.39, 0.29) is 0 Å². The van der Waals surface area contributed by atoms with Gasteiger partial charge in [0.05, 0.1) is 0 Å². The summed E-state index contributed by atoms with van der Waals surface area (Å²) in [6, 6.07) is 0. The highest BCUT2D eigenvalue weighted by atomic mass is 16.4. The fraction of sp³-hybridized carbons (Fsp3) is 0.700.